The number of benzene rings is 1. The predicted octanol–water partition coefficient (Wildman–Crippen LogP) is 2.93. The van der Waals surface area contributed by atoms with Crippen LogP contribution in [0.25, 0.3) is 0 Å². The first kappa shape index (κ1) is 18.3. The molecule has 0 saturated carbocycles. The van der Waals surface area contributed by atoms with Gasteiger partial charge in [-0.1, -0.05) is 17.7 Å². The van der Waals surface area contributed by atoms with Crippen LogP contribution < -0.4 is 4.72 Å². The van der Waals surface area contributed by atoms with Crippen molar-refractivity contribution in [2.75, 3.05) is 19.6 Å². The topological polar surface area (TPSA) is 62.3 Å². The van der Waals surface area contributed by atoms with E-state index in [-0.39, 0.29) is 4.90 Å². The second kappa shape index (κ2) is 8.27. The molecule has 3 rings (SSSR count). The average molecular weight is 380 g/mol. The number of pyridine rings is 1. The normalized spacial score (nSPS) is 16.8. The molecule has 134 valence electrons. The molecule has 2 aromatic rings. The Bertz CT molecular complexity index is 774. The summed E-state index contributed by atoms with van der Waals surface area (Å²) in [5.74, 6) is 0.363. The number of nitrogens with one attached hydrogen (secondary N) is 1. The van der Waals surface area contributed by atoms with Crippen LogP contribution >= 0.6 is 11.6 Å². The van der Waals surface area contributed by atoms with Gasteiger partial charge in [-0.2, -0.15) is 0 Å². The molecule has 0 bridgehead atoms. The highest BCUT2D eigenvalue weighted by Crippen LogP contribution is 2.19. The minimum absolute atomic E-state index is 0.254. The number of halogens is 1. The van der Waals surface area contributed by atoms with E-state index in [1.807, 2.05) is 24.4 Å². The van der Waals surface area contributed by atoms with Gasteiger partial charge in [0.1, 0.15) is 0 Å². The van der Waals surface area contributed by atoms with Crippen LogP contribution in [0, 0.1) is 5.92 Å². The van der Waals surface area contributed by atoms with E-state index in [0.29, 0.717) is 17.5 Å². The number of aromatic nitrogens is 1. The van der Waals surface area contributed by atoms with E-state index in [9.17, 15) is 8.42 Å². The summed E-state index contributed by atoms with van der Waals surface area (Å²) in [6, 6.07) is 12.2. The Labute approximate surface area is 154 Å². The van der Waals surface area contributed by atoms with E-state index < -0.39 is 10.0 Å². The number of nitrogens with zero attached hydrogens (tertiary/aromatic N) is 2. The van der Waals surface area contributed by atoms with Gasteiger partial charge in [0.15, 0.2) is 0 Å². The fraction of sp³-hybridized carbons (Fsp3) is 0.389. The van der Waals surface area contributed by atoms with Gasteiger partial charge < -0.3 is 0 Å². The first-order chi connectivity index (χ1) is 12.0. The minimum atomic E-state index is -3.47. The van der Waals surface area contributed by atoms with Crippen molar-refractivity contribution in [3.8, 4) is 0 Å². The van der Waals surface area contributed by atoms with Crippen molar-refractivity contribution in [3.05, 3.63) is 59.4 Å². The number of rotatable bonds is 6. The third-order valence-corrected chi connectivity index (χ3v) is 6.20. The second-order valence-corrected chi connectivity index (χ2v) is 8.55. The van der Waals surface area contributed by atoms with E-state index in [1.165, 1.54) is 12.1 Å². The molecule has 7 heteroatoms. The molecule has 0 spiro atoms. The zero-order chi connectivity index (χ0) is 17.7. The lowest BCUT2D eigenvalue weighted by Crippen LogP contribution is -2.38. The largest absolute Gasteiger partial charge is 0.297 e. The van der Waals surface area contributed by atoms with Crippen molar-refractivity contribution in [3.63, 3.8) is 0 Å². The van der Waals surface area contributed by atoms with Crippen molar-refractivity contribution in [2.45, 2.75) is 24.3 Å². The van der Waals surface area contributed by atoms with E-state index in [2.05, 4.69) is 14.6 Å². The van der Waals surface area contributed by atoms with E-state index in [0.717, 1.165) is 38.2 Å². The lowest BCUT2D eigenvalue weighted by molar-refractivity contribution is 0.177. The Morgan fingerprint density at radius 2 is 1.84 bits per heavy atom. The van der Waals surface area contributed by atoms with Gasteiger partial charge in [-0.15, -0.1) is 0 Å². The van der Waals surface area contributed by atoms with Gasteiger partial charge in [0.2, 0.25) is 10.0 Å². The molecule has 1 N–H and O–H groups in total. The maximum absolute atomic E-state index is 12.3. The smallest absolute Gasteiger partial charge is 0.240 e. The van der Waals surface area contributed by atoms with Crippen molar-refractivity contribution in [1.29, 1.82) is 0 Å². The number of sulfonamides is 1. The molecule has 0 unspecified atom stereocenters. The predicted molar refractivity (Wildman–Crippen MR) is 98.9 cm³/mol. The molecule has 1 aromatic carbocycles. The summed E-state index contributed by atoms with van der Waals surface area (Å²) in [5, 5.41) is 0.527. The zero-order valence-electron chi connectivity index (χ0n) is 13.9. The SMILES string of the molecule is O=S(=O)(NCC1CCN(Cc2ccccn2)CC1)c1ccc(Cl)cc1. The van der Waals surface area contributed by atoms with Gasteiger partial charge >= 0.3 is 0 Å². The van der Waals surface area contributed by atoms with E-state index in [1.54, 1.807) is 12.1 Å². The van der Waals surface area contributed by atoms with Crippen LogP contribution in [0.4, 0.5) is 0 Å². The van der Waals surface area contributed by atoms with Crippen LogP contribution in [0.15, 0.2) is 53.6 Å². The molecule has 1 saturated heterocycles. The van der Waals surface area contributed by atoms with Crippen molar-refractivity contribution >= 4 is 21.6 Å². The first-order valence-corrected chi connectivity index (χ1v) is 10.3. The Morgan fingerprint density at radius 1 is 1.12 bits per heavy atom. The molecule has 1 aromatic heterocycles. The maximum Gasteiger partial charge on any atom is 0.240 e. The zero-order valence-corrected chi connectivity index (χ0v) is 15.5. The summed E-state index contributed by atoms with van der Waals surface area (Å²) >= 11 is 5.81. The second-order valence-electron chi connectivity index (χ2n) is 6.35. The summed E-state index contributed by atoms with van der Waals surface area (Å²) < 4.78 is 27.4. The van der Waals surface area contributed by atoms with E-state index in [4.69, 9.17) is 11.6 Å². The van der Waals surface area contributed by atoms with Gasteiger partial charge in [0, 0.05) is 24.3 Å². The number of hydrogen-bond acceptors (Lipinski definition) is 4. The van der Waals surface area contributed by atoms with Gasteiger partial charge in [-0.25, -0.2) is 13.1 Å². The highest BCUT2D eigenvalue weighted by molar-refractivity contribution is 7.89. The number of piperidine rings is 1. The van der Waals surface area contributed by atoms with Crippen LogP contribution in [0.5, 0.6) is 0 Å². The van der Waals surface area contributed by atoms with Gasteiger partial charge in [-0.05, 0) is 68.2 Å². The molecule has 2 heterocycles. The average Bonchev–Trinajstić information content (AvgIpc) is 2.62. The number of hydrogen-bond donors (Lipinski definition) is 1. The summed E-state index contributed by atoms with van der Waals surface area (Å²) in [7, 11) is -3.47. The Hall–Kier alpha value is -1.47. The molecule has 5 nitrogen and oxygen atoms in total. The lowest BCUT2D eigenvalue weighted by atomic mass is 9.97. The number of likely N-dealkylation sites (tertiary alicyclic amines) is 1. The Balaban J connectivity index is 1.47. The highest BCUT2D eigenvalue weighted by atomic mass is 35.5. The monoisotopic (exact) mass is 379 g/mol. The summed E-state index contributed by atoms with van der Waals surface area (Å²) in [5.41, 5.74) is 1.07. The van der Waals surface area contributed by atoms with Crippen molar-refractivity contribution < 1.29 is 8.42 Å². The van der Waals surface area contributed by atoms with Crippen LogP contribution in [-0.4, -0.2) is 37.9 Å². The molecule has 0 amide bonds. The van der Waals surface area contributed by atoms with Gasteiger partial charge in [0.25, 0.3) is 0 Å². The third kappa shape index (κ3) is 5.25. The summed E-state index contributed by atoms with van der Waals surface area (Å²) in [6.45, 7) is 3.25. The summed E-state index contributed by atoms with van der Waals surface area (Å²) in [4.78, 5) is 6.98. The third-order valence-electron chi connectivity index (χ3n) is 4.50. The molecular weight excluding hydrogens is 358 g/mol. The maximum atomic E-state index is 12.3. The van der Waals surface area contributed by atoms with Crippen LogP contribution in [0.3, 0.4) is 0 Å². The summed E-state index contributed by atoms with van der Waals surface area (Å²) in [6.07, 6.45) is 3.78. The molecular formula is C18H22ClN3O2S. The van der Waals surface area contributed by atoms with Gasteiger partial charge in [-0.3, -0.25) is 9.88 Å². The molecule has 25 heavy (non-hydrogen) atoms. The molecule has 0 atom stereocenters. The first-order valence-electron chi connectivity index (χ1n) is 8.40. The highest BCUT2D eigenvalue weighted by Gasteiger charge is 2.22. The standard InChI is InChI=1S/C18H22ClN3O2S/c19-16-4-6-18(7-5-16)25(23,24)21-13-15-8-11-22(12-9-15)14-17-3-1-2-10-20-17/h1-7,10,15,21H,8-9,11-14H2. The van der Waals surface area contributed by atoms with Gasteiger partial charge in [0.05, 0.1) is 10.6 Å². The quantitative estimate of drug-likeness (QED) is 0.838. The van der Waals surface area contributed by atoms with E-state index >= 15 is 0 Å². The fourth-order valence-electron chi connectivity index (χ4n) is 2.99. The van der Waals surface area contributed by atoms with Crippen molar-refractivity contribution in [1.82, 2.24) is 14.6 Å². The Kier molecular flexibility index (Phi) is 6.06. The fourth-order valence-corrected chi connectivity index (χ4v) is 4.24. The molecule has 0 radical (unpaired) electrons. The van der Waals surface area contributed by atoms with Crippen LogP contribution in [-0.2, 0) is 16.6 Å². The van der Waals surface area contributed by atoms with Crippen LogP contribution in [0.2, 0.25) is 5.02 Å². The molecule has 1 aliphatic rings. The minimum Gasteiger partial charge on any atom is -0.297 e. The molecule has 1 fully saturated rings. The molecule has 1 aliphatic heterocycles. The van der Waals surface area contributed by atoms with Crippen molar-refractivity contribution in [2.24, 2.45) is 5.92 Å². The van der Waals surface area contributed by atoms with Crippen LogP contribution in [0.1, 0.15) is 18.5 Å². The lowest BCUT2D eigenvalue weighted by Gasteiger charge is -2.31. The molecule has 0 aliphatic carbocycles. The Morgan fingerprint density at radius 3 is 2.48 bits per heavy atom.